The number of carbonyl (C=O) groups is 1. The first kappa shape index (κ1) is 6.80. The third-order valence-corrected chi connectivity index (χ3v) is 0.837. The number of hydrogen-bond acceptors (Lipinski definition) is 4. The van der Waals surface area contributed by atoms with Gasteiger partial charge in [0, 0.05) is 19.2 Å². The number of nitrogens with one attached hydrogen (secondary N) is 1. The predicted octanol–water partition coefficient (Wildman–Crippen LogP) is 0.184. The Hall–Kier alpha value is -1.32. The predicted molar refractivity (Wildman–Crippen MR) is 35.8 cm³/mol. The van der Waals surface area contributed by atoms with Crippen LogP contribution in [0, 0.1) is 6.23 Å². The number of ether oxygens (including phenoxy) is 1. The monoisotopic (exact) mass is 139 g/mol. The molecule has 1 N–H and O–H groups in total. The fourth-order valence-electron chi connectivity index (χ4n) is 0.514. The van der Waals surface area contributed by atoms with Crippen LogP contribution in [-0.4, -0.2) is 12.3 Å². The van der Waals surface area contributed by atoms with Crippen LogP contribution >= 0.6 is 0 Å². The molecule has 0 fully saturated rings. The van der Waals surface area contributed by atoms with Crippen molar-refractivity contribution >= 4 is 12.3 Å². The lowest BCUT2D eigenvalue weighted by molar-refractivity contribution is -0.139. The molecule has 4 heteroatoms. The smallest absolute Gasteiger partial charge is 0.305 e. The molecule has 4 nitrogen and oxygen atoms in total. The first-order valence-corrected chi connectivity index (χ1v) is 2.79. The van der Waals surface area contributed by atoms with Gasteiger partial charge in [-0.25, -0.2) is 4.99 Å². The van der Waals surface area contributed by atoms with Crippen molar-refractivity contribution in [2.24, 2.45) is 4.99 Å². The van der Waals surface area contributed by atoms with Crippen LogP contribution in [0.2, 0.25) is 0 Å². The van der Waals surface area contributed by atoms with Crippen LogP contribution in [0.3, 0.4) is 0 Å². The molecule has 0 amide bonds. The minimum absolute atomic E-state index is 0.311. The molecule has 0 bridgehead atoms. The summed E-state index contributed by atoms with van der Waals surface area (Å²) in [6, 6.07) is 0. The molecule has 0 aliphatic carbocycles. The van der Waals surface area contributed by atoms with Crippen LogP contribution in [0.15, 0.2) is 17.3 Å². The zero-order chi connectivity index (χ0) is 7.40. The quantitative estimate of drug-likeness (QED) is 0.527. The van der Waals surface area contributed by atoms with Crippen LogP contribution < -0.4 is 5.32 Å². The molecule has 0 unspecified atom stereocenters. The summed E-state index contributed by atoms with van der Waals surface area (Å²) in [7, 11) is 0. The van der Waals surface area contributed by atoms with Gasteiger partial charge in [0.25, 0.3) is 6.23 Å². The summed E-state index contributed by atoms with van der Waals surface area (Å²) in [5.74, 6) is -0.362. The second-order valence-corrected chi connectivity index (χ2v) is 1.69. The summed E-state index contributed by atoms with van der Waals surface area (Å²) in [6.07, 6.45) is 4.96. The highest BCUT2D eigenvalue weighted by Gasteiger charge is 2.08. The van der Waals surface area contributed by atoms with Crippen LogP contribution in [-0.2, 0) is 9.53 Å². The number of hydrogen-bond donors (Lipinski definition) is 1. The molecular formula is C6H7N2O2. The fourth-order valence-corrected chi connectivity index (χ4v) is 0.514. The summed E-state index contributed by atoms with van der Waals surface area (Å²) in [5, 5.41) is 2.70. The van der Waals surface area contributed by atoms with Crippen molar-refractivity contribution in [3.05, 3.63) is 18.5 Å². The zero-order valence-corrected chi connectivity index (χ0v) is 5.50. The summed E-state index contributed by atoms with van der Waals surface area (Å²) < 4.78 is 4.64. The number of aliphatic imine (C=N–C) groups is 1. The summed E-state index contributed by atoms with van der Waals surface area (Å²) in [5.41, 5.74) is 0. The van der Waals surface area contributed by atoms with E-state index in [0.717, 1.165) is 0 Å². The lowest BCUT2D eigenvalue weighted by Crippen LogP contribution is -2.12. The first-order chi connectivity index (χ1) is 4.79. The van der Waals surface area contributed by atoms with E-state index in [1.807, 2.05) is 0 Å². The van der Waals surface area contributed by atoms with Crippen molar-refractivity contribution < 1.29 is 9.53 Å². The van der Waals surface area contributed by atoms with E-state index in [0.29, 0.717) is 6.23 Å². The molecule has 1 rings (SSSR count). The number of rotatable bonds is 1. The highest BCUT2D eigenvalue weighted by molar-refractivity contribution is 5.68. The number of carbonyl (C=O) groups excluding carboxylic acids is 1. The standard InChI is InChI=1S/C6H7N2O2/c1-5(9)10-6-2-3-7-4-8-6/h2-4H,1H3,(H,7,8). The fraction of sp³-hybridized carbons (Fsp3) is 0.167. The number of nitrogens with zero attached hydrogens (tertiary/aromatic N) is 1. The van der Waals surface area contributed by atoms with E-state index in [9.17, 15) is 4.79 Å². The van der Waals surface area contributed by atoms with Gasteiger partial charge in [0.15, 0.2) is 0 Å². The van der Waals surface area contributed by atoms with Gasteiger partial charge in [-0.1, -0.05) is 0 Å². The van der Waals surface area contributed by atoms with Crippen molar-refractivity contribution in [3.63, 3.8) is 0 Å². The molecule has 0 aromatic heterocycles. The topological polar surface area (TPSA) is 50.7 Å². The molecule has 1 aliphatic rings. The minimum Gasteiger partial charge on any atom is -0.426 e. The maximum Gasteiger partial charge on any atom is 0.305 e. The number of esters is 1. The van der Waals surface area contributed by atoms with E-state index in [-0.39, 0.29) is 5.97 Å². The van der Waals surface area contributed by atoms with Crippen LogP contribution in [0.25, 0.3) is 0 Å². The van der Waals surface area contributed by atoms with Crippen molar-refractivity contribution in [2.45, 2.75) is 6.92 Å². The zero-order valence-electron chi connectivity index (χ0n) is 5.50. The Morgan fingerprint density at radius 2 is 2.60 bits per heavy atom. The molecule has 0 aromatic rings. The van der Waals surface area contributed by atoms with Crippen molar-refractivity contribution in [1.82, 2.24) is 5.32 Å². The highest BCUT2D eigenvalue weighted by atomic mass is 16.6. The molecule has 0 saturated heterocycles. The molecule has 0 aromatic carbocycles. The lowest BCUT2D eigenvalue weighted by atomic mass is 10.5. The lowest BCUT2D eigenvalue weighted by Gasteiger charge is -2.07. The Labute approximate surface area is 58.6 Å². The van der Waals surface area contributed by atoms with Crippen molar-refractivity contribution in [1.29, 1.82) is 0 Å². The molecule has 0 atom stereocenters. The maximum atomic E-state index is 10.3. The average Bonchev–Trinajstić information content (AvgIpc) is 1.88. The van der Waals surface area contributed by atoms with Gasteiger partial charge in [0.1, 0.15) is 0 Å². The van der Waals surface area contributed by atoms with Gasteiger partial charge in [-0.3, -0.25) is 4.79 Å². The third-order valence-electron chi connectivity index (χ3n) is 0.837. The highest BCUT2D eigenvalue weighted by Crippen LogP contribution is 2.06. The van der Waals surface area contributed by atoms with E-state index in [2.05, 4.69) is 15.0 Å². The molecule has 1 radical (unpaired) electrons. The molecule has 10 heavy (non-hydrogen) atoms. The maximum absolute atomic E-state index is 10.3. The van der Waals surface area contributed by atoms with E-state index in [1.54, 1.807) is 12.3 Å². The van der Waals surface area contributed by atoms with Crippen molar-refractivity contribution in [2.75, 3.05) is 0 Å². The summed E-state index contributed by atoms with van der Waals surface area (Å²) in [4.78, 5) is 14.1. The van der Waals surface area contributed by atoms with E-state index in [1.165, 1.54) is 13.3 Å². The van der Waals surface area contributed by atoms with Gasteiger partial charge in [-0.15, -0.1) is 0 Å². The molecule has 1 aliphatic heterocycles. The average molecular weight is 139 g/mol. The Bertz CT molecular complexity index is 174. The SMILES string of the molecule is CC(=O)O[C]1C=CNC=N1. The Kier molecular flexibility index (Phi) is 2.04. The second kappa shape index (κ2) is 3.00. The summed E-state index contributed by atoms with van der Waals surface area (Å²) in [6.45, 7) is 1.33. The normalized spacial score (nSPS) is 16.5. The van der Waals surface area contributed by atoms with Crippen LogP contribution in [0.1, 0.15) is 6.92 Å². The summed E-state index contributed by atoms with van der Waals surface area (Å²) >= 11 is 0. The first-order valence-electron chi connectivity index (χ1n) is 2.79. The molecule has 53 valence electrons. The minimum atomic E-state index is -0.362. The second-order valence-electron chi connectivity index (χ2n) is 1.69. The van der Waals surface area contributed by atoms with Gasteiger partial charge >= 0.3 is 5.97 Å². The van der Waals surface area contributed by atoms with Gasteiger partial charge in [-0.05, 0) is 0 Å². The molecule has 1 heterocycles. The van der Waals surface area contributed by atoms with Gasteiger partial charge in [0.05, 0.1) is 6.34 Å². The Balaban J connectivity index is 2.40. The van der Waals surface area contributed by atoms with Crippen LogP contribution in [0.5, 0.6) is 0 Å². The van der Waals surface area contributed by atoms with Gasteiger partial charge < -0.3 is 10.1 Å². The van der Waals surface area contributed by atoms with Crippen molar-refractivity contribution in [3.8, 4) is 0 Å². The van der Waals surface area contributed by atoms with Crippen LogP contribution in [0.4, 0.5) is 0 Å². The largest absolute Gasteiger partial charge is 0.426 e. The van der Waals surface area contributed by atoms with Gasteiger partial charge in [0.2, 0.25) is 0 Å². The molecular weight excluding hydrogens is 132 g/mol. The Morgan fingerprint density at radius 1 is 1.80 bits per heavy atom. The molecule has 0 spiro atoms. The van der Waals surface area contributed by atoms with E-state index < -0.39 is 0 Å². The van der Waals surface area contributed by atoms with Gasteiger partial charge in [-0.2, -0.15) is 0 Å². The third kappa shape index (κ3) is 1.89. The molecule has 0 saturated carbocycles. The Morgan fingerprint density at radius 3 is 3.10 bits per heavy atom. The van der Waals surface area contributed by atoms with E-state index in [4.69, 9.17) is 0 Å². The van der Waals surface area contributed by atoms with E-state index >= 15 is 0 Å².